The molecule has 0 aliphatic heterocycles. The van der Waals surface area contributed by atoms with Crippen LogP contribution in [0.2, 0.25) is 0 Å². The van der Waals surface area contributed by atoms with Crippen molar-refractivity contribution in [3.05, 3.63) is 46.8 Å². The summed E-state index contributed by atoms with van der Waals surface area (Å²) >= 11 is 0. The second kappa shape index (κ2) is 6.04. The van der Waals surface area contributed by atoms with E-state index >= 15 is 0 Å². The summed E-state index contributed by atoms with van der Waals surface area (Å²) in [5.41, 5.74) is 6.33. The molecule has 0 radical (unpaired) electrons. The number of ether oxygens (including phenoxy) is 1. The number of hydrogen-bond donors (Lipinski definition) is 1. The van der Waals surface area contributed by atoms with Gasteiger partial charge in [0.2, 0.25) is 0 Å². The van der Waals surface area contributed by atoms with Crippen molar-refractivity contribution in [1.29, 1.82) is 0 Å². The number of anilines is 1. The van der Waals surface area contributed by atoms with Gasteiger partial charge in [0.15, 0.2) is 0 Å². The average Bonchev–Trinajstić information content (AvgIpc) is 2.66. The van der Waals surface area contributed by atoms with E-state index in [0.29, 0.717) is 6.61 Å². The van der Waals surface area contributed by atoms with Crippen molar-refractivity contribution in [3.8, 4) is 5.75 Å². The van der Waals surface area contributed by atoms with Crippen molar-refractivity contribution in [2.24, 2.45) is 7.05 Å². The Bertz CT molecular complexity index is 599. The monoisotopic (exact) mass is 272 g/mol. The first-order valence-corrected chi connectivity index (χ1v) is 7.12. The zero-order chi connectivity index (χ0) is 14.7. The number of aryl methyl sites for hydroxylation is 2. The largest absolute Gasteiger partial charge is 0.494 e. The van der Waals surface area contributed by atoms with Gasteiger partial charge in [-0.3, -0.25) is 0 Å². The van der Waals surface area contributed by atoms with Crippen LogP contribution in [0.5, 0.6) is 5.75 Å². The molecule has 3 nitrogen and oxygen atoms in total. The molecular weight excluding hydrogens is 248 g/mol. The van der Waals surface area contributed by atoms with Crippen molar-refractivity contribution < 1.29 is 4.74 Å². The molecule has 0 bridgehead atoms. The lowest BCUT2D eigenvalue weighted by Gasteiger charge is -2.11. The molecule has 1 aromatic carbocycles. The maximum atomic E-state index is 5.51. The first kappa shape index (κ1) is 14.5. The van der Waals surface area contributed by atoms with Gasteiger partial charge >= 0.3 is 0 Å². The van der Waals surface area contributed by atoms with E-state index in [1.54, 1.807) is 0 Å². The Morgan fingerprint density at radius 2 is 1.90 bits per heavy atom. The van der Waals surface area contributed by atoms with Gasteiger partial charge in [-0.2, -0.15) is 0 Å². The molecule has 0 unspecified atom stereocenters. The van der Waals surface area contributed by atoms with Crippen molar-refractivity contribution >= 4 is 5.69 Å². The van der Waals surface area contributed by atoms with Crippen LogP contribution < -0.4 is 10.1 Å². The second-order valence-corrected chi connectivity index (χ2v) is 5.22. The van der Waals surface area contributed by atoms with Crippen LogP contribution in [0.25, 0.3) is 0 Å². The summed E-state index contributed by atoms with van der Waals surface area (Å²) in [6, 6.07) is 8.43. The number of benzene rings is 1. The van der Waals surface area contributed by atoms with Gasteiger partial charge in [0.05, 0.1) is 6.61 Å². The molecule has 1 N–H and O–H groups in total. The summed E-state index contributed by atoms with van der Waals surface area (Å²) in [6.45, 7) is 9.96. The second-order valence-electron chi connectivity index (χ2n) is 5.22. The van der Waals surface area contributed by atoms with Gasteiger partial charge < -0.3 is 14.6 Å². The summed E-state index contributed by atoms with van der Waals surface area (Å²) in [7, 11) is 2.11. The molecule has 20 heavy (non-hydrogen) atoms. The third kappa shape index (κ3) is 2.98. The van der Waals surface area contributed by atoms with Crippen LogP contribution >= 0.6 is 0 Å². The maximum absolute atomic E-state index is 5.51. The molecule has 0 spiro atoms. The molecule has 0 aliphatic rings. The number of nitrogens with zero attached hydrogens (tertiary/aromatic N) is 1. The molecule has 1 heterocycles. The minimum Gasteiger partial charge on any atom is -0.494 e. The quantitative estimate of drug-likeness (QED) is 0.891. The van der Waals surface area contributed by atoms with Gasteiger partial charge in [0.1, 0.15) is 5.75 Å². The van der Waals surface area contributed by atoms with Crippen LogP contribution in [0.4, 0.5) is 5.69 Å². The average molecular weight is 272 g/mol. The Labute approximate surface area is 121 Å². The SMILES string of the molecule is CCOc1ccc(NCc2cc(C)n(C)c2C)c(C)c1. The van der Waals surface area contributed by atoms with E-state index < -0.39 is 0 Å². The molecular formula is C17H24N2O. The highest BCUT2D eigenvalue weighted by Crippen LogP contribution is 2.23. The van der Waals surface area contributed by atoms with Crippen LogP contribution in [0.3, 0.4) is 0 Å². The lowest BCUT2D eigenvalue weighted by Crippen LogP contribution is -2.03. The molecule has 2 aromatic rings. The number of hydrogen-bond acceptors (Lipinski definition) is 2. The molecule has 1 aromatic heterocycles. The molecule has 0 fully saturated rings. The van der Waals surface area contributed by atoms with Gasteiger partial charge in [-0.15, -0.1) is 0 Å². The number of aromatic nitrogens is 1. The normalized spacial score (nSPS) is 10.7. The fourth-order valence-corrected chi connectivity index (χ4v) is 2.39. The lowest BCUT2D eigenvalue weighted by molar-refractivity contribution is 0.340. The Morgan fingerprint density at radius 3 is 2.45 bits per heavy atom. The van der Waals surface area contributed by atoms with Crippen LogP contribution in [-0.2, 0) is 13.6 Å². The summed E-state index contributed by atoms with van der Waals surface area (Å²) in [5.74, 6) is 0.933. The summed E-state index contributed by atoms with van der Waals surface area (Å²) in [6.07, 6.45) is 0. The molecule has 2 rings (SSSR count). The van der Waals surface area contributed by atoms with E-state index in [-0.39, 0.29) is 0 Å². The molecule has 0 saturated heterocycles. The van der Waals surface area contributed by atoms with Gasteiger partial charge in [0, 0.05) is 30.7 Å². The topological polar surface area (TPSA) is 26.2 Å². The predicted octanol–water partition coefficient (Wildman–Crippen LogP) is 3.96. The number of nitrogens with one attached hydrogen (secondary N) is 1. The van der Waals surface area contributed by atoms with Gasteiger partial charge in [0.25, 0.3) is 0 Å². The maximum Gasteiger partial charge on any atom is 0.119 e. The Balaban J connectivity index is 2.09. The van der Waals surface area contributed by atoms with E-state index in [0.717, 1.165) is 18.0 Å². The molecule has 0 amide bonds. The predicted molar refractivity (Wildman–Crippen MR) is 84.6 cm³/mol. The van der Waals surface area contributed by atoms with Gasteiger partial charge in [-0.1, -0.05) is 0 Å². The minimum atomic E-state index is 0.703. The molecule has 3 heteroatoms. The minimum absolute atomic E-state index is 0.703. The number of rotatable bonds is 5. The Morgan fingerprint density at radius 1 is 1.15 bits per heavy atom. The fourth-order valence-electron chi connectivity index (χ4n) is 2.39. The molecule has 0 aliphatic carbocycles. The summed E-state index contributed by atoms with van der Waals surface area (Å²) < 4.78 is 7.74. The Kier molecular flexibility index (Phi) is 4.38. The molecule has 108 valence electrons. The molecule has 0 atom stereocenters. The third-order valence-corrected chi connectivity index (χ3v) is 3.86. The van der Waals surface area contributed by atoms with E-state index in [1.165, 1.54) is 22.5 Å². The van der Waals surface area contributed by atoms with Crippen LogP contribution in [0.15, 0.2) is 24.3 Å². The molecule has 0 saturated carbocycles. The van der Waals surface area contributed by atoms with Crippen molar-refractivity contribution in [1.82, 2.24) is 4.57 Å². The smallest absolute Gasteiger partial charge is 0.119 e. The highest BCUT2D eigenvalue weighted by Gasteiger charge is 2.06. The summed E-state index contributed by atoms with van der Waals surface area (Å²) in [4.78, 5) is 0. The van der Waals surface area contributed by atoms with Crippen molar-refractivity contribution in [2.45, 2.75) is 34.2 Å². The zero-order valence-electron chi connectivity index (χ0n) is 13.1. The highest BCUT2D eigenvalue weighted by molar-refractivity contribution is 5.54. The zero-order valence-corrected chi connectivity index (χ0v) is 13.1. The van der Waals surface area contributed by atoms with Crippen molar-refractivity contribution in [3.63, 3.8) is 0 Å². The Hall–Kier alpha value is -1.90. The standard InChI is InChI=1S/C17H24N2O/c1-6-20-16-7-8-17(12(2)9-16)18-11-15-10-13(3)19(5)14(15)4/h7-10,18H,6,11H2,1-5H3. The van der Waals surface area contributed by atoms with E-state index in [2.05, 4.69) is 55.9 Å². The van der Waals surface area contributed by atoms with Crippen LogP contribution in [0, 0.1) is 20.8 Å². The first-order chi connectivity index (χ1) is 9.52. The van der Waals surface area contributed by atoms with E-state index in [1.807, 2.05) is 13.0 Å². The van der Waals surface area contributed by atoms with E-state index in [4.69, 9.17) is 4.74 Å². The van der Waals surface area contributed by atoms with Gasteiger partial charge in [-0.05, 0) is 63.1 Å². The first-order valence-electron chi connectivity index (χ1n) is 7.12. The highest BCUT2D eigenvalue weighted by atomic mass is 16.5. The lowest BCUT2D eigenvalue weighted by atomic mass is 10.1. The van der Waals surface area contributed by atoms with E-state index in [9.17, 15) is 0 Å². The third-order valence-electron chi connectivity index (χ3n) is 3.86. The summed E-state index contributed by atoms with van der Waals surface area (Å²) in [5, 5.41) is 3.51. The van der Waals surface area contributed by atoms with Crippen LogP contribution in [0.1, 0.15) is 29.4 Å². The fraction of sp³-hybridized carbons (Fsp3) is 0.412. The van der Waals surface area contributed by atoms with Gasteiger partial charge in [-0.25, -0.2) is 0 Å². The van der Waals surface area contributed by atoms with Crippen LogP contribution in [-0.4, -0.2) is 11.2 Å². The van der Waals surface area contributed by atoms with Crippen molar-refractivity contribution in [2.75, 3.05) is 11.9 Å².